The minimum Gasteiger partial charge on any atom is -0.392 e. The van der Waals surface area contributed by atoms with Gasteiger partial charge in [0.15, 0.2) is 0 Å². The highest BCUT2D eigenvalue weighted by Gasteiger charge is 2.35. The predicted molar refractivity (Wildman–Crippen MR) is 112 cm³/mol. The molecular formula is C21H25BrF2N2OS. The summed E-state index contributed by atoms with van der Waals surface area (Å²) in [6.07, 6.45) is 6.13. The molecule has 7 heteroatoms. The van der Waals surface area contributed by atoms with Crippen molar-refractivity contribution in [2.75, 3.05) is 6.54 Å². The molecule has 1 aromatic carbocycles. The molecular weight excluding hydrogens is 446 g/mol. The van der Waals surface area contributed by atoms with Gasteiger partial charge in [-0.2, -0.15) is 0 Å². The number of hydrogen-bond acceptors (Lipinski definition) is 4. The van der Waals surface area contributed by atoms with Crippen molar-refractivity contribution in [2.45, 2.75) is 56.6 Å². The molecule has 1 aromatic heterocycles. The normalized spacial score (nSPS) is 16.8. The summed E-state index contributed by atoms with van der Waals surface area (Å²) in [5, 5.41) is 22.6. The molecule has 0 saturated heterocycles. The first kappa shape index (κ1) is 23.0. The molecule has 0 spiro atoms. The second-order valence-corrected chi connectivity index (χ2v) is 8.95. The van der Waals surface area contributed by atoms with Crippen LogP contribution in [0.4, 0.5) is 8.78 Å². The average Bonchev–Trinajstić information content (AvgIpc) is 3.13. The summed E-state index contributed by atoms with van der Waals surface area (Å²) in [6.45, 7) is 3.98. The van der Waals surface area contributed by atoms with Gasteiger partial charge in [-0.25, -0.2) is 14.0 Å². The molecule has 0 aliphatic heterocycles. The Morgan fingerprint density at radius 2 is 1.79 bits per heavy atom. The SMILES string of the molecule is C#N.OC(CCc1cc(F)cc(F)c1)CNC1(c2cc(Br)cs2)CCCCC1. The summed E-state index contributed by atoms with van der Waals surface area (Å²) in [5.74, 6) is -1.14. The molecule has 3 rings (SSSR count). The van der Waals surface area contributed by atoms with Crippen molar-refractivity contribution in [2.24, 2.45) is 0 Å². The maximum atomic E-state index is 13.3. The van der Waals surface area contributed by atoms with Crippen LogP contribution in [0, 0.1) is 23.5 Å². The first-order chi connectivity index (χ1) is 13.5. The molecule has 1 heterocycles. The van der Waals surface area contributed by atoms with Crippen LogP contribution in [0.3, 0.4) is 0 Å². The standard InChI is InChI=1S/C20H24BrF2NOS.CHN/c21-15-10-19(26-13-15)20(6-2-1-3-7-20)24-12-18(25)5-4-14-8-16(22)11-17(23)9-14;1-2/h8-11,13,18,24-25H,1-7,12H2;1H. The highest BCUT2D eigenvalue weighted by molar-refractivity contribution is 9.10. The molecule has 0 amide bonds. The summed E-state index contributed by atoms with van der Waals surface area (Å²) in [6, 6.07) is 5.70. The molecule has 2 aromatic rings. The largest absolute Gasteiger partial charge is 0.392 e. The van der Waals surface area contributed by atoms with Crippen LogP contribution in [0.2, 0.25) is 0 Å². The quantitative estimate of drug-likeness (QED) is 0.547. The highest BCUT2D eigenvalue weighted by Crippen LogP contribution is 2.41. The fourth-order valence-electron chi connectivity index (χ4n) is 3.73. The fourth-order valence-corrected chi connectivity index (χ4v) is 5.40. The molecule has 0 radical (unpaired) electrons. The summed E-state index contributed by atoms with van der Waals surface area (Å²) in [5.41, 5.74) is 0.511. The Hall–Kier alpha value is -1.33. The van der Waals surface area contributed by atoms with E-state index in [0.29, 0.717) is 24.9 Å². The van der Waals surface area contributed by atoms with E-state index >= 15 is 0 Å². The van der Waals surface area contributed by atoms with Gasteiger partial charge in [0.2, 0.25) is 0 Å². The Bertz CT molecular complexity index is 755. The van der Waals surface area contributed by atoms with Gasteiger partial charge >= 0.3 is 0 Å². The van der Waals surface area contributed by atoms with Crippen molar-refractivity contribution in [3.8, 4) is 6.57 Å². The third kappa shape index (κ3) is 6.35. The molecule has 1 atom stereocenters. The number of nitriles is 1. The van der Waals surface area contributed by atoms with Gasteiger partial charge in [-0.05, 0) is 65.4 Å². The van der Waals surface area contributed by atoms with Crippen molar-refractivity contribution < 1.29 is 13.9 Å². The van der Waals surface area contributed by atoms with Gasteiger partial charge in [0.05, 0.1) is 11.6 Å². The van der Waals surface area contributed by atoms with Crippen molar-refractivity contribution in [1.82, 2.24) is 5.32 Å². The van der Waals surface area contributed by atoms with Gasteiger partial charge < -0.3 is 10.4 Å². The second kappa shape index (κ2) is 11.0. The van der Waals surface area contributed by atoms with E-state index in [0.717, 1.165) is 23.4 Å². The molecule has 1 fully saturated rings. The smallest absolute Gasteiger partial charge is 0.126 e. The van der Waals surface area contributed by atoms with Gasteiger partial charge in [-0.3, -0.25) is 0 Å². The molecule has 2 N–H and O–H groups in total. The van der Waals surface area contributed by atoms with Crippen molar-refractivity contribution in [1.29, 1.82) is 5.26 Å². The average molecular weight is 471 g/mol. The van der Waals surface area contributed by atoms with E-state index in [4.69, 9.17) is 5.26 Å². The summed E-state index contributed by atoms with van der Waals surface area (Å²) >= 11 is 5.28. The van der Waals surface area contributed by atoms with E-state index in [9.17, 15) is 13.9 Å². The highest BCUT2D eigenvalue weighted by atomic mass is 79.9. The Balaban J connectivity index is 0.00000136. The lowest BCUT2D eigenvalue weighted by Crippen LogP contribution is -2.46. The summed E-state index contributed by atoms with van der Waals surface area (Å²) < 4.78 is 27.6. The molecule has 1 aliphatic carbocycles. The first-order valence-corrected chi connectivity index (χ1v) is 11.0. The Morgan fingerprint density at radius 3 is 2.36 bits per heavy atom. The van der Waals surface area contributed by atoms with Crippen LogP contribution in [0.15, 0.2) is 34.1 Å². The lowest BCUT2D eigenvalue weighted by atomic mass is 9.80. The number of rotatable bonds is 7. The predicted octanol–water partition coefficient (Wildman–Crippen LogP) is 5.67. The second-order valence-electron chi connectivity index (χ2n) is 7.12. The van der Waals surface area contributed by atoms with E-state index in [1.165, 1.54) is 36.3 Å². The maximum absolute atomic E-state index is 13.3. The Kier molecular flexibility index (Phi) is 9.03. The van der Waals surface area contributed by atoms with Crippen molar-refractivity contribution >= 4 is 27.3 Å². The van der Waals surface area contributed by atoms with Crippen LogP contribution in [0.5, 0.6) is 0 Å². The number of benzene rings is 1. The third-order valence-electron chi connectivity index (χ3n) is 5.11. The third-order valence-corrected chi connectivity index (χ3v) is 7.01. The lowest BCUT2D eigenvalue weighted by molar-refractivity contribution is 0.133. The maximum Gasteiger partial charge on any atom is 0.126 e. The lowest BCUT2D eigenvalue weighted by Gasteiger charge is -2.38. The zero-order valence-electron chi connectivity index (χ0n) is 15.6. The van der Waals surface area contributed by atoms with Crippen molar-refractivity contribution in [3.05, 3.63) is 56.2 Å². The van der Waals surface area contributed by atoms with Crippen LogP contribution >= 0.6 is 27.3 Å². The number of hydrogen-bond donors (Lipinski definition) is 2. The number of nitrogens with zero attached hydrogens (tertiary/aromatic N) is 1. The monoisotopic (exact) mass is 470 g/mol. The number of aliphatic hydroxyl groups is 1. The zero-order chi connectivity index (χ0) is 20.6. The Morgan fingerprint density at radius 1 is 1.14 bits per heavy atom. The molecule has 0 bridgehead atoms. The molecule has 1 aliphatic rings. The van der Waals surface area contributed by atoms with Gasteiger partial charge in [0.1, 0.15) is 11.6 Å². The van der Waals surface area contributed by atoms with Gasteiger partial charge in [-0.15, -0.1) is 11.3 Å². The number of nitrogens with one attached hydrogen (secondary N) is 1. The minimum atomic E-state index is -0.572. The van der Waals surface area contributed by atoms with E-state index in [1.54, 1.807) is 11.3 Å². The van der Waals surface area contributed by atoms with E-state index < -0.39 is 17.7 Å². The Labute approximate surface area is 177 Å². The van der Waals surface area contributed by atoms with Gasteiger partial charge in [0, 0.05) is 33.9 Å². The van der Waals surface area contributed by atoms with Crippen molar-refractivity contribution in [3.63, 3.8) is 0 Å². The van der Waals surface area contributed by atoms with Gasteiger partial charge in [-0.1, -0.05) is 19.3 Å². The number of aryl methyl sites for hydroxylation is 1. The van der Waals surface area contributed by atoms with Crippen LogP contribution in [-0.4, -0.2) is 17.8 Å². The van der Waals surface area contributed by atoms with Crippen LogP contribution < -0.4 is 5.32 Å². The summed E-state index contributed by atoms with van der Waals surface area (Å²) in [4.78, 5) is 1.31. The number of halogens is 3. The van der Waals surface area contributed by atoms with E-state index in [2.05, 4.69) is 39.3 Å². The topological polar surface area (TPSA) is 56.0 Å². The summed E-state index contributed by atoms with van der Waals surface area (Å²) in [7, 11) is 0. The minimum absolute atomic E-state index is 0.0686. The molecule has 1 unspecified atom stereocenters. The van der Waals surface area contributed by atoms with E-state index in [1.807, 2.05) is 0 Å². The molecule has 3 nitrogen and oxygen atoms in total. The zero-order valence-corrected chi connectivity index (χ0v) is 18.0. The molecule has 152 valence electrons. The van der Waals surface area contributed by atoms with Gasteiger partial charge in [0.25, 0.3) is 0 Å². The molecule has 1 saturated carbocycles. The molecule has 28 heavy (non-hydrogen) atoms. The van der Waals surface area contributed by atoms with Crippen LogP contribution in [0.1, 0.15) is 49.0 Å². The fraction of sp³-hybridized carbons (Fsp3) is 0.476. The van der Waals surface area contributed by atoms with E-state index in [-0.39, 0.29) is 5.54 Å². The number of aliphatic hydroxyl groups excluding tert-OH is 1. The van der Waals surface area contributed by atoms with Crippen LogP contribution in [-0.2, 0) is 12.0 Å². The first-order valence-electron chi connectivity index (χ1n) is 9.35. The number of thiophene rings is 1. The van der Waals surface area contributed by atoms with Crippen LogP contribution in [0.25, 0.3) is 0 Å².